The van der Waals surface area contributed by atoms with Gasteiger partial charge >= 0.3 is 11.9 Å². The topological polar surface area (TPSA) is 111 Å². The molecule has 0 aromatic carbocycles. The van der Waals surface area contributed by atoms with Crippen LogP contribution in [0.5, 0.6) is 0 Å². The zero-order valence-corrected chi connectivity index (χ0v) is 62.1. The summed E-state index contributed by atoms with van der Waals surface area (Å²) in [4.78, 5) is 38.2. The molecule has 0 spiro atoms. The molecule has 0 fully saturated rings. The van der Waals surface area contributed by atoms with Crippen LogP contribution in [-0.4, -0.2) is 70.0 Å². The summed E-state index contributed by atoms with van der Waals surface area (Å²) < 4.78 is 34.4. The van der Waals surface area contributed by atoms with Crippen LogP contribution in [0.4, 0.5) is 0 Å². The minimum absolute atomic E-state index is 0.0304. The summed E-state index contributed by atoms with van der Waals surface area (Å²) in [5.74, 6) is -0.817. The molecule has 92 heavy (non-hydrogen) atoms. The molecule has 0 heterocycles. The number of phosphoric ester groups is 1. The fourth-order valence-electron chi connectivity index (χ4n) is 11.4. The summed E-state index contributed by atoms with van der Waals surface area (Å²) in [5.41, 5.74) is 0. The number of likely N-dealkylation sites (N-methyl/N-ethyl adjacent to an activating group) is 1. The number of carbonyl (C=O) groups excluding carboxylic acids is 2. The van der Waals surface area contributed by atoms with Gasteiger partial charge in [0.1, 0.15) is 19.8 Å². The van der Waals surface area contributed by atoms with E-state index in [0.717, 1.165) is 70.6 Å². The Labute approximate surface area is 571 Å². The summed E-state index contributed by atoms with van der Waals surface area (Å²) in [6, 6.07) is 0. The van der Waals surface area contributed by atoms with E-state index < -0.39 is 26.5 Å². The van der Waals surface area contributed by atoms with Gasteiger partial charge in [-0.3, -0.25) is 14.2 Å². The van der Waals surface area contributed by atoms with Crippen LogP contribution in [0.3, 0.4) is 0 Å². The number of phosphoric acid groups is 1. The van der Waals surface area contributed by atoms with E-state index in [1.165, 1.54) is 270 Å². The molecule has 0 aromatic rings. The lowest BCUT2D eigenvalue weighted by atomic mass is 10.0. The minimum atomic E-state index is -4.65. The van der Waals surface area contributed by atoms with Gasteiger partial charge in [-0.25, -0.2) is 0 Å². The number of quaternary nitrogens is 1. The largest absolute Gasteiger partial charge is 0.756 e. The van der Waals surface area contributed by atoms with Crippen molar-refractivity contribution in [2.45, 2.75) is 380 Å². The van der Waals surface area contributed by atoms with E-state index in [1.807, 2.05) is 21.1 Å². The van der Waals surface area contributed by atoms with Crippen LogP contribution in [0.1, 0.15) is 373 Å². The first kappa shape index (κ1) is 89.2. The zero-order chi connectivity index (χ0) is 66.9. The molecule has 0 amide bonds. The number of hydrogen-bond acceptors (Lipinski definition) is 8. The number of carbonyl (C=O) groups is 2. The SMILES string of the molecule is CC/C=C\C/C=C\C/C=C\C/C=C\CCCCCCCCCCCCCCCCCCCCCCCCCCCCC(=O)OC(COC(=O)CCCCCCCCCCCCCCCC/C=C\C/C=C\C/C=C\CCCCCCC)COP(=O)([O-])OCC[N+](C)(C)C. The number of rotatable bonds is 73. The number of ether oxygens (including phenoxy) is 2. The van der Waals surface area contributed by atoms with Crippen molar-refractivity contribution < 1.29 is 42.1 Å². The average Bonchev–Trinajstić information content (AvgIpc) is 2.14. The highest BCUT2D eigenvalue weighted by Crippen LogP contribution is 2.38. The number of hydrogen-bond donors (Lipinski definition) is 0. The van der Waals surface area contributed by atoms with E-state index in [4.69, 9.17) is 18.5 Å². The van der Waals surface area contributed by atoms with Gasteiger partial charge in [-0.2, -0.15) is 0 Å². The third kappa shape index (κ3) is 76.2. The Bertz CT molecular complexity index is 1830. The van der Waals surface area contributed by atoms with Gasteiger partial charge in [0.05, 0.1) is 27.7 Å². The summed E-state index contributed by atoms with van der Waals surface area (Å²) in [6.07, 6.45) is 99.9. The monoisotopic (exact) mass is 1310 g/mol. The third-order valence-electron chi connectivity index (χ3n) is 17.4. The Morgan fingerprint density at radius 2 is 0.620 bits per heavy atom. The minimum Gasteiger partial charge on any atom is -0.756 e. The number of nitrogens with zero attached hydrogens (tertiary/aromatic N) is 1. The van der Waals surface area contributed by atoms with Gasteiger partial charge in [0, 0.05) is 12.8 Å². The first-order valence-electron chi connectivity index (χ1n) is 39.3. The maximum Gasteiger partial charge on any atom is 0.306 e. The highest BCUT2D eigenvalue weighted by molar-refractivity contribution is 7.45. The molecule has 0 aliphatic heterocycles. The molecule has 0 rings (SSSR count). The van der Waals surface area contributed by atoms with Crippen LogP contribution in [0, 0.1) is 0 Å². The van der Waals surface area contributed by atoms with Crippen molar-refractivity contribution in [1.29, 1.82) is 0 Å². The quantitative estimate of drug-likeness (QED) is 0.0195. The Kier molecular flexibility index (Phi) is 70.2. The molecule has 536 valence electrons. The van der Waals surface area contributed by atoms with Gasteiger partial charge in [-0.05, 0) is 89.9 Å². The Morgan fingerprint density at radius 1 is 0.348 bits per heavy atom. The molecule has 0 bridgehead atoms. The first-order chi connectivity index (χ1) is 45.0. The molecule has 10 heteroatoms. The van der Waals surface area contributed by atoms with Gasteiger partial charge in [0.25, 0.3) is 7.82 Å². The Hall–Kier alpha value is -2.81. The number of esters is 2. The van der Waals surface area contributed by atoms with Crippen LogP contribution < -0.4 is 4.89 Å². The van der Waals surface area contributed by atoms with Crippen molar-refractivity contribution in [1.82, 2.24) is 0 Å². The fraction of sp³-hybridized carbons (Fsp3) is 0.805. The molecule has 2 atom stereocenters. The van der Waals surface area contributed by atoms with Crippen LogP contribution in [0.2, 0.25) is 0 Å². The molecule has 0 saturated carbocycles. The molecule has 0 aromatic heterocycles. The lowest BCUT2D eigenvalue weighted by Gasteiger charge is -2.28. The highest BCUT2D eigenvalue weighted by Gasteiger charge is 2.22. The van der Waals surface area contributed by atoms with E-state index in [0.29, 0.717) is 17.4 Å². The summed E-state index contributed by atoms with van der Waals surface area (Å²) in [6.45, 7) is 4.17. The summed E-state index contributed by atoms with van der Waals surface area (Å²) in [7, 11) is 1.18. The lowest BCUT2D eigenvalue weighted by Crippen LogP contribution is -2.37. The van der Waals surface area contributed by atoms with E-state index in [9.17, 15) is 19.0 Å². The second-order valence-corrected chi connectivity index (χ2v) is 29.1. The third-order valence-corrected chi connectivity index (χ3v) is 18.4. The average molecular weight is 1310 g/mol. The Morgan fingerprint density at radius 3 is 0.924 bits per heavy atom. The van der Waals surface area contributed by atoms with E-state index >= 15 is 0 Å². The smallest absolute Gasteiger partial charge is 0.306 e. The summed E-state index contributed by atoms with van der Waals surface area (Å²) >= 11 is 0. The molecule has 0 saturated heterocycles. The van der Waals surface area contributed by atoms with Gasteiger partial charge in [-0.1, -0.05) is 356 Å². The summed E-state index contributed by atoms with van der Waals surface area (Å²) in [5, 5.41) is 0. The lowest BCUT2D eigenvalue weighted by molar-refractivity contribution is -0.870. The van der Waals surface area contributed by atoms with Gasteiger partial charge in [0.2, 0.25) is 0 Å². The molecular weight excluding hydrogens is 1160 g/mol. The number of allylic oxidation sites excluding steroid dienone is 14. The predicted octanol–water partition coefficient (Wildman–Crippen LogP) is 25.4. The molecule has 2 unspecified atom stereocenters. The van der Waals surface area contributed by atoms with Crippen LogP contribution >= 0.6 is 7.82 Å². The number of unbranched alkanes of at least 4 members (excludes halogenated alkanes) is 45. The van der Waals surface area contributed by atoms with Gasteiger partial charge < -0.3 is 27.9 Å². The first-order valence-corrected chi connectivity index (χ1v) is 40.8. The second kappa shape index (κ2) is 72.5. The maximum atomic E-state index is 12.9. The molecular formula is C82H150NO8P. The standard InChI is InChI=1S/C82H150NO8P/c1-6-8-10-12-14-16-18-20-22-24-26-28-30-32-34-36-37-38-39-40-41-42-43-44-45-47-49-51-53-55-57-59-61-63-65-67-69-71-73-75-82(85)91-80(79-90-92(86,87)89-77-76-83(3,4)5)78-88-81(84)74-72-70-68-66-64-62-60-58-56-54-52-50-48-46-35-33-31-29-27-25-23-21-19-17-15-13-11-9-7-2/h8,10,14,16,19-22,25-28,31,33,80H,6-7,9,11-13,15,17-18,23-24,29-30,32,34-79H2,1-5H3/b10-8-,16-14-,21-19-,22-20-,27-25-,28-26-,33-31-. The van der Waals surface area contributed by atoms with E-state index in [2.05, 4.69) is 98.9 Å². The van der Waals surface area contributed by atoms with Crippen molar-refractivity contribution in [2.75, 3.05) is 47.5 Å². The van der Waals surface area contributed by atoms with Crippen LogP contribution in [0.25, 0.3) is 0 Å². The molecule has 9 nitrogen and oxygen atoms in total. The molecule has 0 radical (unpaired) electrons. The van der Waals surface area contributed by atoms with Crippen molar-refractivity contribution in [3.05, 3.63) is 85.1 Å². The zero-order valence-electron chi connectivity index (χ0n) is 61.2. The van der Waals surface area contributed by atoms with Crippen molar-refractivity contribution in [3.8, 4) is 0 Å². The van der Waals surface area contributed by atoms with Gasteiger partial charge in [0.15, 0.2) is 6.10 Å². The highest BCUT2D eigenvalue weighted by atomic mass is 31.2. The molecule has 0 aliphatic carbocycles. The molecule has 0 N–H and O–H groups in total. The predicted molar refractivity (Wildman–Crippen MR) is 397 cm³/mol. The second-order valence-electron chi connectivity index (χ2n) is 27.7. The normalized spacial score (nSPS) is 13.5. The maximum absolute atomic E-state index is 12.9. The molecule has 0 aliphatic rings. The van der Waals surface area contributed by atoms with Crippen LogP contribution in [0.15, 0.2) is 85.1 Å². The van der Waals surface area contributed by atoms with Gasteiger partial charge in [-0.15, -0.1) is 0 Å². The van der Waals surface area contributed by atoms with Crippen molar-refractivity contribution in [2.24, 2.45) is 0 Å². The Balaban J connectivity index is 3.93. The fourth-order valence-corrected chi connectivity index (χ4v) is 12.2. The van der Waals surface area contributed by atoms with Crippen LogP contribution in [-0.2, 0) is 32.7 Å². The van der Waals surface area contributed by atoms with Crippen molar-refractivity contribution >= 4 is 19.8 Å². The van der Waals surface area contributed by atoms with Crippen molar-refractivity contribution in [3.63, 3.8) is 0 Å². The van der Waals surface area contributed by atoms with E-state index in [-0.39, 0.29) is 32.0 Å². The van der Waals surface area contributed by atoms with E-state index in [1.54, 1.807) is 0 Å².